The van der Waals surface area contributed by atoms with Crippen LogP contribution in [0.3, 0.4) is 0 Å². The summed E-state index contributed by atoms with van der Waals surface area (Å²) in [6, 6.07) is 13.4. The van der Waals surface area contributed by atoms with E-state index in [0.29, 0.717) is 6.42 Å². The van der Waals surface area contributed by atoms with Crippen LogP contribution in [0.5, 0.6) is 0 Å². The summed E-state index contributed by atoms with van der Waals surface area (Å²) in [5, 5.41) is 14.2. The van der Waals surface area contributed by atoms with Crippen LogP contribution in [0.1, 0.15) is 49.7 Å². The van der Waals surface area contributed by atoms with Gasteiger partial charge in [-0.05, 0) is 28.7 Å². The number of methoxy groups -OCH3 is 1. The summed E-state index contributed by atoms with van der Waals surface area (Å²) in [7, 11) is 1.13. The van der Waals surface area contributed by atoms with Crippen LogP contribution in [0.15, 0.2) is 48.5 Å². The van der Waals surface area contributed by atoms with Gasteiger partial charge >= 0.3 is 18.0 Å². The third-order valence-electron chi connectivity index (χ3n) is 6.01. The molecule has 0 bridgehead atoms. The van der Waals surface area contributed by atoms with Crippen molar-refractivity contribution in [2.75, 3.05) is 13.7 Å². The van der Waals surface area contributed by atoms with Crippen molar-refractivity contribution in [3.05, 3.63) is 59.7 Å². The molecule has 0 saturated carbocycles. The maximum Gasteiger partial charge on any atom is 0.407 e. The molecule has 2 atom stereocenters. The topological polar surface area (TPSA) is 131 Å². The van der Waals surface area contributed by atoms with Crippen LogP contribution >= 0.6 is 0 Å². The lowest BCUT2D eigenvalue weighted by atomic mass is 9.98. The molecule has 0 saturated heterocycles. The third-order valence-corrected chi connectivity index (χ3v) is 6.01. The highest BCUT2D eigenvalue weighted by Gasteiger charge is 2.31. The number of amides is 2. The minimum absolute atomic E-state index is 0.0854. The minimum Gasteiger partial charge on any atom is -0.480 e. The molecule has 0 fully saturated rings. The number of nitrogens with one attached hydrogen (secondary N) is 2. The Kier molecular flexibility index (Phi) is 8.83. The average molecular weight is 483 g/mol. The van der Waals surface area contributed by atoms with Gasteiger partial charge in [0.15, 0.2) is 0 Å². The highest BCUT2D eigenvalue weighted by Crippen LogP contribution is 2.44. The van der Waals surface area contributed by atoms with E-state index >= 15 is 0 Å². The number of esters is 1. The molecule has 0 aromatic heterocycles. The second-order valence-electron chi connectivity index (χ2n) is 8.34. The fourth-order valence-corrected chi connectivity index (χ4v) is 4.18. The lowest BCUT2D eigenvalue weighted by molar-refractivity contribution is -0.149. The zero-order valence-electron chi connectivity index (χ0n) is 19.8. The van der Waals surface area contributed by atoms with Gasteiger partial charge in [-0.15, -0.1) is 0 Å². The molecule has 3 N–H and O–H groups in total. The van der Waals surface area contributed by atoms with Crippen LogP contribution in [0.2, 0.25) is 0 Å². The Morgan fingerprint density at radius 1 is 0.943 bits per heavy atom. The van der Waals surface area contributed by atoms with E-state index in [0.717, 1.165) is 35.8 Å². The van der Waals surface area contributed by atoms with Gasteiger partial charge in [-0.3, -0.25) is 9.59 Å². The summed E-state index contributed by atoms with van der Waals surface area (Å²) in [5.41, 5.74) is 4.33. The molecule has 1 aliphatic carbocycles. The number of carbonyl (C=O) groups is 4. The Morgan fingerprint density at radius 3 is 2.09 bits per heavy atom. The van der Waals surface area contributed by atoms with Crippen molar-refractivity contribution in [2.45, 2.75) is 50.6 Å². The van der Waals surface area contributed by atoms with Gasteiger partial charge < -0.3 is 25.2 Å². The van der Waals surface area contributed by atoms with Crippen LogP contribution < -0.4 is 10.6 Å². The Morgan fingerprint density at radius 2 is 1.54 bits per heavy atom. The maximum absolute atomic E-state index is 12.8. The van der Waals surface area contributed by atoms with Crippen LogP contribution in [0.25, 0.3) is 11.1 Å². The van der Waals surface area contributed by atoms with Crippen LogP contribution in [-0.2, 0) is 23.9 Å². The molecule has 1 unspecified atom stereocenters. The third kappa shape index (κ3) is 6.38. The van der Waals surface area contributed by atoms with Gasteiger partial charge in [-0.25, -0.2) is 9.59 Å². The summed E-state index contributed by atoms with van der Waals surface area (Å²) < 4.78 is 10.0. The quantitative estimate of drug-likeness (QED) is 0.419. The van der Waals surface area contributed by atoms with Crippen molar-refractivity contribution >= 4 is 23.9 Å². The zero-order chi connectivity index (χ0) is 25.4. The van der Waals surface area contributed by atoms with E-state index in [1.165, 1.54) is 0 Å². The first-order valence-corrected chi connectivity index (χ1v) is 11.6. The number of alkyl carbamates (subject to hydrolysis) is 1. The number of carboxylic acid groups (broad SMARTS) is 1. The number of fused-ring (bicyclic) bond motifs is 3. The lowest BCUT2D eigenvalue weighted by Crippen LogP contribution is -2.52. The standard InChI is InChI=1S/C26H30N2O7/c1-3-4-13-21(24(30)27-22(25(31)32)14-23(29)34-2)28-26(33)35-15-20-18-11-7-5-9-16(18)17-10-6-8-12-19(17)20/h5-12,20-22H,3-4,13-15H2,1-2H3,(H,27,30)(H,28,33)(H,31,32)/t21?,22-/m1/s1. The molecule has 186 valence electrons. The molecule has 9 heteroatoms. The fourth-order valence-electron chi connectivity index (χ4n) is 4.18. The Bertz CT molecular complexity index is 1040. The normalized spacial score (nSPS) is 13.7. The molecule has 2 aromatic rings. The molecule has 0 heterocycles. The number of carbonyl (C=O) groups excluding carboxylic acids is 3. The highest BCUT2D eigenvalue weighted by molar-refractivity contribution is 5.91. The molecule has 9 nitrogen and oxygen atoms in total. The molecular weight excluding hydrogens is 452 g/mol. The molecule has 1 aliphatic rings. The minimum atomic E-state index is -1.47. The zero-order valence-corrected chi connectivity index (χ0v) is 19.8. The predicted molar refractivity (Wildman–Crippen MR) is 128 cm³/mol. The average Bonchev–Trinajstić information content (AvgIpc) is 3.18. The lowest BCUT2D eigenvalue weighted by Gasteiger charge is -2.21. The van der Waals surface area contributed by atoms with E-state index in [1.807, 2.05) is 55.5 Å². The number of rotatable bonds is 11. The predicted octanol–water partition coefficient (Wildman–Crippen LogP) is 3.22. The number of hydrogen-bond acceptors (Lipinski definition) is 6. The smallest absolute Gasteiger partial charge is 0.407 e. The molecule has 2 amide bonds. The molecule has 3 rings (SSSR count). The summed E-state index contributed by atoms with van der Waals surface area (Å²) in [6.45, 7) is 2.02. The number of aliphatic carboxylic acids is 1. The second-order valence-corrected chi connectivity index (χ2v) is 8.34. The van der Waals surface area contributed by atoms with Crippen molar-refractivity contribution in [3.63, 3.8) is 0 Å². The second kappa shape index (κ2) is 12.0. The number of hydrogen-bond donors (Lipinski definition) is 3. The maximum atomic E-state index is 12.8. The van der Waals surface area contributed by atoms with Crippen molar-refractivity contribution in [2.24, 2.45) is 0 Å². The largest absolute Gasteiger partial charge is 0.480 e. The first kappa shape index (κ1) is 25.7. The van der Waals surface area contributed by atoms with E-state index < -0.39 is 42.4 Å². The first-order chi connectivity index (χ1) is 16.8. The van der Waals surface area contributed by atoms with E-state index in [9.17, 15) is 24.3 Å². The van der Waals surface area contributed by atoms with Crippen molar-refractivity contribution < 1.29 is 33.8 Å². The monoisotopic (exact) mass is 482 g/mol. The van der Waals surface area contributed by atoms with Gasteiger partial charge in [0.2, 0.25) is 5.91 Å². The van der Waals surface area contributed by atoms with Crippen LogP contribution in [0, 0.1) is 0 Å². The van der Waals surface area contributed by atoms with E-state index in [2.05, 4.69) is 15.4 Å². The van der Waals surface area contributed by atoms with Crippen LogP contribution in [-0.4, -0.2) is 54.8 Å². The highest BCUT2D eigenvalue weighted by atomic mass is 16.5. The van der Waals surface area contributed by atoms with E-state index in [-0.39, 0.29) is 18.9 Å². The number of unbranched alkanes of at least 4 members (excludes halogenated alkanes) is 1. The number of carboxylic acids is 1. The SMILES string of the molecule is CCCCC(NC(=O)OCC1c2ccccc2-c2ccccc21)C(=O)N[C@H](CC(=O)OC)C(=O)O. The fraction of sp³-hybridized carbons (Fsp3) is 0.385. The summed E-state index contributed by atoms with van der Waals surface area (Å²) >= 11 is 0. The Labute approximate surface area is 203 Å². The van der Waals surface area contributed by atoms with Crippen molar-refractivity contribution in [1.29, 1.82) is 0 Å². The van der Waals surface area contributed by atoms with E-state index in [1.54, 1.807) is 0 Å². The molecule has 0 aliphatic heterocycles. The molecule has 0 radical (unpaired) electrons. The Balaban J connectivity index is 1.65. The van der Waals surface area contributed by atoms with Gasteiger partial charge in [0.1, 0.15) is 18.7 Å². The van der Waals surface area contributed by atoms with Crippen molar-refractivity contribution in [3.8, 4) is 11.1 Å². The summed E-state index contributed by atoms with van der Waals surface area (Å²) in [5.74, 6) is -2.98. The van der Waals surface area contributed by atoms with Gasteiger partial charge in [0.25, 0.3) is 0 Å². The van der Waals surface area contributed by atoms with E-state index in [4.69, 9.17) is 4.74 Å². The Hall–Kier alpha value is -3.88. The molecule has 35 heavy (non-hydrogen) atoms. The first-order valence-electron chi connectivity index (χ1n) is 11.6. The van der Waals surface area contributed by atoms with Gasteiger partial charge in [0.05, 0.1) is 13.5 Å². The molecule has 0 spiro atoms. The van der Waals surface area contributed by atoms with Gasteiger partial charge in [0, 0.05) is 5.92 Å². The summed E-state index contributed by atoms with van der Waals surface area (Å²) in [4.78, 5) is 48.4. The number of benzene rings is 2. The summed E-state index contributed by atoms with van der Waals surface area (Å²) in [6.07, 6.45) is 0.375. The van der Waals surface area contributed by atoms with Crippen molar-refractivity contribution in [1.82, 2.24) is 10.6 Å². The number of ether oxygens (including phenoxy) is 2. The van der Waals surface area contributed by atoms with Gasteiger partial charge in [-0.1, -0.05) is 68.3 Å². The molecule has 2 aromatic carbocycles. The molecular formula is C26H30N2O7. The van der Waals surface area contributed by atoms with Gasteiger partial charge in [-0.2, -0.15) is 0 Å². The van der Waals surface area contributed by atoms with Crippen LogP contribution in [0.4, 0.5) is 4.79 Å².